The Kier molecular flexibility index (Phi) is 4.59. The van der Waals surface area contributed by atoms with Crippen molar-refractivity contribution in [3.63, 3.8) is 0 Å². The van der Waals surface area contributed by atoms with Crippen molar-refractivity contribution in [3.05, 3.63) is 27.4 Å². The standard InChI is InChI=1S/C11H14BrClFNO/c1-3-11(2,16)6-15-10-8(12)4-7(14)5-9(10)13/h4-5,15-16H,3,6H2,1-2H3. The molecule has 0 aliphatic carbocycles. The van der Waals surface area contributed by atoms with Gasteiger partial charge < -0.3 is 10.4 Å². The molecule has 0 heterocycles. The molecule has 2 nitrogen and oxygen atoms in total. The first-order valence-corrected chi connectivity index (χ1v) is 6.13. The summed E-state index contributed by atoms with van der Waals surface area (Å²) in [5.41, 5.74) is -0.214. The molecule has 0 saturated carbocycles. The monoisotopic (exact) mass is 309 g/mol. The number of anilines is 1. The normalized spacial score (nSPS) is 14.6. The van der Waals surface area contributed by atoms with E-state index in [1.54, 1.807) is 6.92 Å². The summed E-state index contributed by atoms with van der Waals surface area (Å²) >= 11 is 9.11. The predicted molar refractivity (Wildman–Crippen MR) is 68.5 cm³/mol. The van der Waals surface area contributed by atoms with Crippen molar-refractivity contribution in [2.45, 2.75) is 25.9 Å². The minimum absolute atomic E-state index is 0.291. The van der Waals surface area contributed by atoms with E-state index in [2.05, 4.69) is 21.2 Å². The van der Waals surface area contributed by atoms with Gasteiger partial charge in [-0.3, -0.25) is 0 Å². The fraction of sp³-hybridized carbons (Fsp3) is 0.455. The number of halogens is 3. The molecule has 0 aliphatic heterocycles. The molecule has 1 rings (SSSR count). The third-order valence-electron chi connectivity index (χ3n) is 2.41. The first-order valence-electron chi connectivity index (χ1n) is 4.96. The molecule has 0 bridgehead atoms. The fourth-order valence-corrected chi connectivity index (χ4v) is 2.07. The zero-order valence-corrected chi connectivity index (χ0v) is 11.5. The Bertz CT molecular complexity index is 361. The fourth-order valence-electron chi connectivity index (χ4n) is 1.11. The summed E-state index contributed by atoms with van der Waals surface area (Å²) < 4.78 is 13.5. The predicted octanol–water partition coefficient (Wildman–Crippen LogP) is 3.81. The zero-order valence-electron chi connectivity index (χ0n) is 9.15. The Labute approximate surface area is 108 Å². The summed E-state index contributed by atoms with van der Waals surface area (Å²) in [6.07, 6.45) is 0.621. The quantitative estimate of drug-likeness (QED) is 0.886. The zero-order chi connectivity index (χ0) is 12.3. The maximum absolute atomic E-state index is 13.0. The molecule has 0 aliphatic rings. The van der Waals surface area contributed by atoms with Crippen molar-refractivity contribution in [2.75, 3.05) is 11.9 Å². The summed E-state index contributed by atoms with van der Waals surface area (Å²) in [4.78, 5) is 0. The van der Waals surface area contributed by atoms with E-state index < -0.39 is 11.4 Å². The molecule has 0 aromatic heterocycles. The van der Waals surface area contributed by atoms with Gasteiger partial charge in [-0.25, -0.2) is 4.39 Å². The van der Waals surface area contributed by atoms with Crippen molar-refractivity contribution < 1.29 is 9.50 Å². The Hall–Kier alpha value is -0.320. The van der Waals surface area contributed by atoms with Crippen LogP contribution in [0.15, 0.2) is 16.6 Å². The number of aliphatic hydroxyl groups is 1. The van der Waals surface area contributed by atoms with Gasteiger partial charge in [0.25, 0.3) is 0 Å². The number of rotatable bonds is 4. The summed E-state index contributed by atoms with van der Waals surface area (Å²) in [5, 5.41) is 13.1. The van der Waals surface area contributed by atoms with E-state index in [4.69, 9.17) is 11.6 Å². The first-order chi connectivity index (χ1) is 7.35. The largest absolute Gasteiger partial charge is 0.388 e. The molecule has 1 aromatic carbocycles. The van der Waals surface area contributed by atoms with Gasteiger partial charge in [-0.15, -0.1) is 0 Å². The van der Waals surface area contributed by atoms with Gasteiger partial charge >= 0.3 is 0 Å². The molecule has 0 radical (unpaired) electrons. The van der Waals surface area contributed by atoms with E-state index in [1.807, 2.05) is 6.92 Å². The van der Waals surface area contributed by atoms with E-state index in [0.29, 0.717) is 28.1 Å². The smallest absolute Gasteiger partial charge is 0.125 e. The minimum Gasteiger partial charge on any atom is -0.388 e. The van der Waals surface area contributed by atoms with Gasteiger partial charge in [-0.05, 0) is 41.4 Å². The van der Waals surface area contributed by atoms with Crippen LogP contribution in [-0.2, 0) is 0 Å². The highest BCUT2D eigenvalue weighted by molar-refractivity contribution is 9.10. The van der Waals surface area contributed by atoms with Crippen molar-refractivity contribution >= 4 is 33.2 Å². The Morgan fingerprint density at radius 3 is 2.69 bits per heavy atom. The third-order valence-corrected chi connectivity index (χ3v) is 3.34. The van der Waals surface area contributed by atoms with Gasteiger partial charge in [0, 0.05) is 11.0 Å². The third kappa shape index (κ3) is 3.61. The summed E-state index contributed by atoms with van der Waals surface area (Å²) in [5.74, 6) is -0.398. The van der Waals surface area contributed by atoms with Crippen LogP contribution in [0.2, 0.25) is 5.02 Å². The second kappa shape index (κ2) is 5.34. The van der Waals surface area contributed by atoms with Gasteiger partial charge in [0.1, 0.15) is 5.82 Å². The first kappa shape index (κ1) is 13.7. The average molecular weight is 311 g/mol. The van der Waals surface area contributed by atoms with Crippen LogP contribution in [0.5, 0.6) is 0 Å². The maximum Gasteiger partial charge on any atom is 0.125 e. The summed E-state index contributed by atoms with van der Waals surface area (Å²) in [7, 11) is 0. The van der Waals surface area contributed by atoms with Crippen molar-refractivity contribution in [3.8, 4) is 0 Å². The van der Waals surface area contributed by atoms with E-state index >= 15 is 0 Å². The average Bonchev–Trinajstić information content (AvgIpc) is 2.16. The second-order valence-electron chi connectivity index (χ2n) is 3.95. The number of nitrogens with one attached hydrogen (secondary N) is 1. The lowest BCUT2D eigenvalue weighted by Crippen LogP contribution is -2.32. The van der Waals surface area contributed by atoms with Crippen LogP contribution in [-0.4, -0.2) is 17.3 Å². The molecule has 5 heteroatoms. The Balaban J connectivity index is 2.82. The number of benzene rings is 1. The molecular formula is C11H14BrClFNO. The molecule has 1 aromatic rings. The minimum atomic E-state index is -0.808. The van der Waals surface area contributed by atoms with Crippen LogP contribution < -0.4 is 5.32 Å². The van der Waals surface area contributed by atoms with Gasteiger partial charge in [0.15, 0.2) is 0 Å². The molecule has 2 N–H and O–H groups in total. The SMILES string of the molecule is CCC(C)(O)CNc1c(Cl)cc(F)cc1Br. The van der Waals surface area contributed by atoms with Gasteiger partial charge in [0.2, 0.25) is 0 Å². The highest BCUT2D eigenvalue weighted by Crippen LogP contribution is 2.32. The van der Waals surface area contributed by atoms with E-state index in [0.717, 1.165) is 0 Å². The molecule has 0 saturated heterocycles. The lowest BCUT2D eigenvalue weighted by Gasteiger charge is -2.23. The second-order valence-corrected chi connectivity index (χ2v) is 5.21. The van der Waals surface area contributed by atoms with Crippen molar-refractivity contribution in [1.29, 1.82) is 0 Å². The lowest BCUT2D eigenvalue weighted by atomic mass is 10.0. The highest BCUT2D eigenvalue weighted by atomic mass is 79.9. The molecule has 1 atom stereocenters. The number of hydrogen-bond acceptors (Lipinski definition) is 2. The summed E-state index contributed by atoms with van der Waals surface area (Å²) in [6.45, 7) is 3.97. The lowest BCUT2D eigenvalue weighted by molar-refractivity contribution is 0.0697. The molecule has 0 fully saturated rings. The van der Waals surface area contributed by atoms with Crippen LogP contribution in [0.4, 0.5) is 10.1 Å². The van der Waals surface area contributed by atoms with Crippen molar-refractivity contribution in [1.82, 2.24) is 0 Å². The molecule has 16 heavy (non-hydrogen) atoms. The van der Waals surface area contributed by atoms with Crippen LogP contribution in [0.25, 0.3) is 0 Å². The molecule has 0 spiro atoms. The van der Waals surface area contributed by atoms with Crippen molar-refractivity contribution in [2.24, 2.45) is 0 Å². The van der Waals surface area contributed by atoms with E-state index in [1.165, 1.54) is 12.1 Å². The van der Waals surface area contributed by atoms with Gasteiger partial charge in [-0.1, -0.05) is 18.5 Å². The molecular weight excluding hydrogens is 296 g/mol. The van der Waals surface area contributed by atoms with Crippen LogP contribution in [0, 0.1) is 5.82 Å². The highest BCUT2D eigenvalue weighted by Gasteiger charge is 2.18. The molecule has 1 unspecified atom stereocenters. The summed E-state index contributed by atoms with van der Waals surface area (Å²) in [6, 6.07) is 2.56. The molecule has 0 amide bonds. The van der Waals surface area contributed by atoms with Crippen LogP contribution in [0.3, 0.4) is 0 Å². The van der Waals surface area contributed by atoms with E-state index in [-0.39, 0.29) is 0 Å². The van der Waals surface area contributed by atoms with Crippen LogP contribution in [0.1, 0.15) is 20.3 Å². The van der Waals surface area contributed by atoms with Gasteiger partial charge in [-0.2, -0.15) is 0 Å². The molecule has 90 valence electrons. The maximum atomic E-state index is 13.0. The van der Waals surface area contributed by atoms with E-state index in [9.17, 15) is 9.50 Å². The van der Waals surface area contributed by atoms with Gasteiger partial charge in [0.05, 0.1) is 16.3 Å². The Morgan fingerprint density at radius 2 is 2.19 bits per heavy atom. The van der Waals surface area contributed by atoms with Crippen LogP contribution >= 0.6 is 27.5 Å². The number of hydrogen-bond donors (Lipinski definition) is 2. The topological polar surface area (TPSA) is 32.3 Å². The Morgan fingerprint density at radius 1 is 1.56 bits per heavy atom.